The van der Waals surface area contributed by atoms with Crippen LogP contribution in [0.25, 0.3) is 0 Å². The average Bonchev–Trinajstić information content (AvgIpc) is 2.08. The molecule has 1 aliphatic rings. The third-order valence-electron chi connectivity index (χ3n) is 2.24. The predicted molar refractivity (Wildman–Crippen MR) is 53.3 cm³/mol. The van der Waals surface area contributed by atoms with Gasteiger partial charge in [0.05, 0.1) is 11.9 Å². The van der Waals surface area contributed by atoms with Crippen molar-refractivity contribution in [3.05, 3.63) is 12.3 Å². The van der Waals surface area contributed by atoms with Crippen LogP contribution in [-0.4, -0.2) is 23.8 Å². The molecular formula is C10H18N2. The van der Waals surface area contributed by atoms with Crippen molar-refractivity contribution in [1.29, 1.82) is 0 Å². The van der Waals surface area contributed by atoms with Gasteiger partial charge in [-0.15, -0.1) is 0 Å². The number of aliphatic imine (C=N–C) groups is 1. The summed E-state index contributed by atoms with van der Waals surface area (Å²) in [6.07, 6.45) is 9.82. The van der Waals surface area contributed by atoms with E-state index in [2.05, 4.69) is 31.1 Å². The second-order valence-electron chi connectivity index (χ2n) is 3.69. The highest BCUT2D eigenvalue weighted by Crippen LogP contribution is 2.22. The highest BCUT2D eigenvalue weighted by atomic mass is 15.1. The van der Waals surface area contributed by atoms with Crippen LogP contribution in [-0.2, 0) is 0 Å². The zero-order valence-corrected chi connectivity index (χ0v) is 8.25. The Hall–Kier alpha value is -0.790. The molecule has 1 atom stereocenters. The van der Waals surface area contributed by atoms with Crippen LogP contribution in [0.15, 0.2) is 17.3 Å². The van der Waals surface area contributed by atoms with Crippen molar-refractivity contribution < 1.29 is 0 Å². The standard InChI is InChI=1S/C10H18N2/c1-4-5-6-10(2)7-8-12(3)9-11-10/h7-9H,4-6H2,1-3H3. The Kier molecular flexibility index (Phi) is 2.90. The van der Waals surface area contributed by atoms with E-state index in [-0.39, 0.29) is 5.54 Å². The van der Waals surface area contributed by atoms with E-state index in [1.165, 1.54) is 12.8 Å². The van der Waals surface area contributed by atoms with Crippen molar-refractivity contribution in [3.63, 3.8) is 0 Å². The van der Waals surface area contributed by atoms with Crippen LogP contribution in [0.1, 0.15) is 33.1 Å². The van der Waals surface area contributed by atoms with Gasteiger partial charge in [0, 0.05) is 13.2 Å². The summed E-state index contributed by atoms with van der Waals surface area (Å²) in [7, 11) is 2.00. The van der Waals surface area contributed by atoms with E-state index in [0.29, 0.717) is 0 Å². The lowest BCUT2D eigenvalue weighted by atomic mass is 9.95. The summed E-state index contributed by atoms with van der Waals surface area (Å²) in [5, 5.41) is 0. The minimum atomic E-state index is 0.0581. The summed E-state index contributed by atoms with van der Waals surface area (Å²) in [6.45, 7) is 4.40. The molecule has 2 nitrogen and oxygen atoms in total. The minimum absolute atomic E-state index is 0.0581. The number of nitrogens with zero attached hydrogens (tertiary/aromatic N) is 2. The van der Waals surface area contributed by atoms with Crippen molar-refractivity contribution in [2.24, 2.45) is 4.99 Å². The van der Waals surface area contributed by atoms with Gasteiger partial charge in [-0.1, -0.05) is 19.8 Å². The summed E-state index contributed by atoms with van der Waals surface area (Å²) in [6, 6.07) is 0. The third kappa shape index (κ3) is 2.36. The van der Waals surface area contributed by atoms with Crippen LogP contribution in [0.3, 0.4) is 0 Å². The van der Waals surface area contributed by atoms with Crippen molar-refractivity contribution in [1.82, 2.24) is 4.90 Å². The first-order chi connectivity index (χ1) is 5.66. The van der Waals surface area contributed by atoms with Gasteiger partial charge >= 0.3 is 0 Å². The highest BCUT2D eigenvalue weighted by molar-refractivity contribution is 5.59. The Labute approximate surface area is 75.0 Å². The van der Waals surface area contributed by atoms with Crippen LogP contribution in [0.5, 0.6) is 0 Å². The zero-order valence-electron chi connectivity index (χ0n) is 8.25. The Morgan fingerprint density at radius 1 is 1.50 bits per heavy atom. The normalized spacial score (nSPS) is 28.1. The maximum atomic E-state index is 4.49. The maximum absolute atomic E-state index is 4.49. The molecule has 1 unspecified atom stereocenters. The van der Waals surface area contributed by atoms with E-state index in [4.69, 9.17) is 0 Å². The molecule has 0 spiro atoms. The van der Waals surface area contributed by atoms with Crippen LogP contribution >= 0.6 is 0 Å². The van der Waals surface area contributed by atoms with Gasteiger partial charge in [-0.2, -0.15) is 0 Å². The lowest BCUT2D eigenvalue weighted by Gasteiger charge is -2.26. The fraction of sp³-hybridized carbons (Fsp3) is 0.700. The first kappa shape index (κ1) is 9.30. The highest BCUT2D eigenvalue weighted by Gasteiger charge is 2.20. The molecule has 0 radical (unpaired) electrons. The topological polar surface area (TPSA) is 15.6 Å². The fourth-order valence-corrected chi connectivity index (χ4v) is 1.27. The van der Waals surface area contributed by atoms with E-state index >= 15 is 0 Å². The van der Waals surface area contributed by atoms with Crippen molar-refractivity contribution >= 4 is 6.34 Å². The van der Waals surface area contributed by atoms with E-state index in [0.717, 1.165) is 6.42 Å². The second-order valence-corrected chi connectivity index (χ2v) is 3.69. The first-order valence-electron chi connectivity index (χ1n) is 4.63. The molecule has 0 amide bonds. The molecule has 0 saturated carbocycles. The van der Waals surface area contributed by atoms with Gasteiger partial charge in [-0.3, -0.25) is 4.99 Å². The number of rotatable bonds is 3. The van der Waals surface area contributed by atoms with Gasteiger partial charge < -0.3 is 4.90 Å². The Bertz CT molecular complexity index is 180. The fourth-order valence-electron chi connectivity index (χ4n) is 1.27. The monoisotopic (exact) mass is 166 g/mol. The van der Waals surface area contributed by atoms with Crippen LogP contribution in [0.4, 0.5) is 0 Å². The molecule has 0 saturated heterocycles. The lowest BCUT2D eigenvalue weighted by Crippen LogP contribution is -2.26. The molecule has 0 aromatic heterocycles. The molecule has 68 valence electrons. The van der Waals surface area contributed by atoms with Crippen molar-refractivity contribution in [2.75, 3.05) is 7.05 Å². The molecule has 0 aromatic rings. The largest absolute Gasteiger partial charge is 0.343 e. The Balaban J connectivity index is 2.50. The van der Waals surface area contributed by atoms with Gasteiger partial charge in [0.15, 0.2) is 0 Å². The molecule has 0 fully saturated rings. The summed E-state index contributed by atoms with van der Waals surface area (Å²) in [5.41, 5.74) is 0.0581. The summed E-state index contributed by atoms with van der Waals surface area (Å²) >= 11 is 0. The van der Waals surface area contributed by atoms with E-state index in [1.807, 2.05) is 18.3 Å². The van der Waals surface area contributed by atoms with E-state index in [9.17, 15) is 0 Å². The molecule has 1 rings (SSSR count). The molecule has 0 N–H and O–H groups in total. The molecule has 1 heterocycles. The molecule has 0 bridgehead atoms. The minimum Gasteiger partial charge on any atom is -0.343 e. The smallest absolute Gasteiger partial charge is 0.0897 e. The number of hydrogen-bond acceptors (Lipinski definition) is 2. The molecular weight excluding hydrogens is 148 g/mol. The average molecular weight is 166 g/mol. The van der Waals surface area contributed by atoms with Gasteiger partial charge in [0.1, 0.15) is 0 Å². The Morgan fingerprint density at radius 3 is 2.75 bits per heavy atom. The van der Waals surface area contributed by atoms with Crippen LogP contribution in [0, 0.1) is 0 Å². The van der Waals surface area contributed by atoms with Gasteiger partial charge in [-0.05, 0) is 19.4 Å². The van der Waals surface area contributed by atoms with Crippen LogP contribution in [0.2, 0.25) is 0 Å². The van der Waals surface area contributed by atoms with Gasteiger partial charge in [0.25, 0.3) is 0 Å². The summed E-state index contributed by atoms with van der Waals surface area (Å²) in [5.74, 6) is 0. The molecule has 2 heteroatoms. The number of unbranched alkanes of at least 4 members (excludes halogenated alkanes) is 1. The van der Waals surface area contributed by atoms with E-state index in [1.54, 1.807) is 0 Å². The van der Waals surface area contributed by atoms with Gasteiger partial charge in [0.2, 0.25) is 0 Å². The van der Waals surface area contributed by atoms with Crippen molar-refractivity contribution in [3.8, 4) is 0 Å². The predicted octanol–water partition coefficient (Wildman–Crippen LogP) is 2.42. The van der Waals surface area contributed by atoms with Gasteiger partial charge in [-0.25, -0.2) is 0 Å². The maximum Gasteiger partial charge on any atom is 0.0897 e. The zero-order chi connectivity index (χ0) is 9.03. The second kappa shape index (κ2) is 3.74. The molecule has 0 aliphatic carbocycles. The quantitative estimate of drug-likeness (QED) is 0.628. The van der Waals surface area contributed by atoms with Crippen molar-refractivity contribution in [2.45, 2.75) is 38.6 Å². The molecule has 0 aromatic carbocycles. The third-order valence-corrected chi connectivity index (χ3v) is 2.24. The van der Waals surface area contributed by atoms with E-state index < -0.39 is 0 Å². The lowest BCUT2D eigenvalue weighted by molar-refractivity contribution is 0.484. The summed E-state index contributed by atoms with van der Waals surface area (Å²) in [4.78, 5) is 6.47. The molecule has 12 heavy (non-hydrogen) atoms. The number of hydrogen-bond donors (Lipinski definition) is 0. The Morgan fingerprint density at radius 2 is 2.25 bits per heavy atom. The first-order valence-corrected chi connectivity index (χ1v) is 4.63. The van der Waals surface area contributed by atoms with Crippen LogP contribution < -0.4 is 0 Å². The summed E-state index contributed by atoms with van der Waals surface area (Å²) < 4.78 is 0. The SMILES string of the molecule is CCCCC1(C)C=CN(C)C=N1. The molecule has 1 aliphatic heterocycles.